The first-order valence-corrected chi connectivity index (χ1v) is 9.64. The minimum absolute atomic E-state index is 0.177. The van der Waals surface area contributed by atoms with Crippen LogP contribution in [0.25, 0.3) is 11.4 Å². The summed E-state index contributed by atoms with van der Waals surface area (Å²) < 4.78 is 6.90. The molecule has 0 aliphatic rings. The quantitative estimate of drug-likeness (QED) is 0.590. The van der Waals surface area contributed by atoms with Gasteiger partial charge in [-0.25, -0.2) is 0 Å². The van der Waals surface area contributed by atoms with Gasteiger partial charge in [-0.05, 0) is 30.3 Å². The number of anilines is 1. The Hall–Kier alpha value is -2.22. The van der Waals surface area contributed by atoms with E-state index in [9.17, 15) is 4.79 Å². The molecule has 0 saturated carbocycles. The molecule has 0 aliphatic heterocycles. The van der Waals surface area contributed by atoms with Gasteiger partial charge < -0.3 is 14.6 Å². The van der Waals surface area contributed by atoms with Gasteiger partial charge in [0.25, 0.3) is 0 Å². The highest BCUT2D eigenvalue weighted by molar-refractivity contribution is 7.99. The van der Waals surface area contributed by atoms with Crippen molar-refractivity contribution in [2.45, 2.75) is 5.16 Å². The minimum atomic E-state index is -0.177. The summed E-state index contributed by atoms with van der Waals surface area (Å²) in [4.78, 5) is 12.2. The number of carbonyl (C=O) groups is 1. The van der Waals surface area contributed by atoms with Crippen molar-refractivity contribution in [2.24, 2.45) is 7.05 Å². The van der Waals surface area contributed by atoms with Crippen LogP contribution in [0, 0.1) is 0 Å². The Morgan fingerprint density at radius 3 is 2.67 bits per heavy atom. The number of hydrogen-bond donors (Lipinski definition) is 1. The van der Waals surface area contributed by atoms with Crippen LogP contribution in [0.4, 0.5) is 5.69 Å². The van der Waals surface area contributed by atoms with Gasteiger partial charge >= 0.3 is 0 Å². The number of halogens is 2. The van der Waals surface area contributed by atoms with E-state index in [0.29, 0.717) is 32.5 Å². The summed E-state index contributed by atoms with van der Waals surface area (Å²) in [5.74, 6) is 1.20. The largest absolute Gasteiger partial charge is 0.495 e. The van der Waals surface area contributed by atoms with Crippen LogP contribution in [-0.4, -0.2) is 33.5 Å². The SMILES string of the molecule is COc1ccc(NC(=O)CSc2nnc(-c3ccccc3Cl)n2C)cc1Cl. The van der Waals surface area contributed by atoms with Crippen molar-refractivity contribution in [3.05, 3.63) is 52.5 Å². The number of hydrogen-bond acceptors (Lipinski definition) is 5. The molecular weight excluding hydrogens is 407 g/mol. The molecule has 1 aromatic heterocycles. The number of benzene rings is 2. The Bertz CT molecular complexity index is 978. The number of ether oxygens (including phenoxy) is 1. The van der Waals surface area contributed by atoms with Gasteiger partial charge in [-0.2, -0.15) is 0 Å². The lowest BCUT2D eigenvalue weighted by Crippen LogP contribution is -2.14. The number of rotatable bonds is 6. The van der Waals surface area contributed by atoms with Crippen LogP contribution < -0.4 is 10.1 Å². The summed E-state index contributed by atoms with van der Waals surface area (Å²) in [5.41, 5.74) is 1.39. The van der Waals surface area contributed by atoms with Crippen LogP contribution in [0.15, 0.2) is 47.6 Å². The molecule has 3 aromatic rings. The normalized spacial score (nSPS) is 10.7. The highest BCUT2D eigenvalue weighted by atomic mass is 35.5. The van der Waals surface area contributed by atoms with E-state index in [1.165, 1.54) is 18.9 Å². The minimum Gasteiger partial charge on any atom is -0.495 e. The average molecular weight is 423 g/mol. The topological polar surface area (TPSA) is 69.0 Å². The molecule has 2 aromatic carbocycles. The number of nitrogens with one attached hydrogen (secondary N) is 1. The van der Waals surface area contributed by atoms with Crippen molar-refractivity contribution in [1.82, 2.24) is 14.8 Å². The molecule has 9 heteroatoms. The summed E-state index contributed by atoms with van der Waals surface area (Å²) in [6.45, 7) is 0. The van der Waals surface area contributed by atoms with E-state index >= 15 is 0 Å². The molecule has 1 amide bonds. The highest BCUT2D eigenvalue weighted by Crippen LogP contribution is 2.29. The molecule has 0 bridgehead atoms. The first kappa shape index (κ1) is 19.5. The van der Waals surface area contributed by atoms with E-state index < -0.39 is 0 Å². The smallest absolute Gasteiger partial charge is 0.234 e. The fourth-order valence-corrected chi connectivity index (χ4v) is 3.58. The lowest BCUT2D eigenvalue weighted by atomic mass is 10.2. The van der Waals surface area contributed by atoms with Gasteiger partial charge in [0.2, 0.25) is 5.91 Å². The second-order valence-corrected chi connectivity index (χ2v) is 7.29. The summed E-state index contributed by atoms with van der Waals surface area (Å²) in [7, 11) is 3.37. The molecule has 0 unspecified atom stereocenters. The summed E-state index contributed by atoms with van der Waals surface area (Å²) in [6, 6.07) is 12.5. The van der Waals surface area contributed by atoms with Crippen LogP contribution in [0.3, 0.4) is 0 Å². The number of amides is 1. The van der Waals surface area contributed by atoms with Gasteiger partial charge in [-0.1, -0.05) is 47.1 Å². The maximum Gasteiger partial charge on any atom is 0.234 e. The fourth-order valence-electron chi connectivity index (χ4n) is 2.39. The average Bonchev–Trinajstić information content (AvgIpc) is 3.01. The molecule has 140 valence electrons. The van der Waals surface area contributed by atoms with Crippen LogP contribution in [0.2, 0.25) is 10.0 Å². The lowest BCUT2D eigenvalue weighted by Gasteiger charge is -2.08. The first-order chi connectivity index (χ1) is 13.0. The zero-order valence-electron chi connectivity index (χ0n) is 14.6. The lowest BCUT2D eigenvalue weighted by molar-refractivity contribution is -0.113. The van der Waals surface area contributed by atoms with Gasteiger partial charge in [0.1, 0.15) is 5.75 Å². The summed E-state index contributed by atoms with van der Waals surface area (Å²) in [6.07, 6.45) is 0. The Morgan fingerprint density at radius 2 is 1.96 bits per heavy atom. The van der Waals surface area contributed by atoms with Crippen molar-refractivity contribution < 1.29 is 9.53 Å². The first-order valence-electron chi connectivity index (χ1n) is 7.90. The summed E-state index contributed by atoms with van der Waals surface area (Å²) in [5, 5.41) is 12.8. The number of aromatic nitrogens is 3. The molecule has 1 N–H and O–H groups in total. The molecule has 27 heavy (non-hydrogen) atoms. The van der Waals surface area contributed by atoms with E-state index in [4.69, 9.17) is 27.9 Å². The third kappa shape index (κ3) is 4.55. The molecule has 6 nitrogen and oxygen atoms in total. The summed E-state index contributed by atoms with van der Waals surface area (Å²) >= 11 is 13.6. The van der Waals surface area contributed by atoms with E-state index in [0.717, 1.165) is 5.56 Å². The standard InChI is InChI=1S/C18H16Cl2N4O2S/c1-24-17(12-5-3-4-6-13(12)19)22-23-18(24)27-10-16(25)21-11-7-8-15(26-2)14(20)9-11/h3-9H,10H2,1-2H3,(H,21,25). The number of nitrogens with zero attached hydrogens (tertiary/aromatic N) is 3. The maximum atomic E-state index is 12.2. The molecule has 0 saturated heterocycles. The monoisotopic (exact) mass is 422 g/mol. The zero-order chi connectivity index (χ0) is 19.4. The van der Waals surface area contributed by atoms with E-state index in [1.807, 2.05) is 29.8 Å². The van der Waals surface area contributed by atoms with Crippen LogP contribution in [-0.2, 0) is 11.8 Å². The number of thioether (sulfide) groups is 1. The predicted octanol–water partition coefficient (Wildman–Crippen LogP) is 4.53. The van der Waals surface area contributed by atoms with Crippen LogP contribution in [0.5, 0.6) is 5.75 Å². The van der Waals surface area contributed by atoms with Crippen molar-refractivity contribution in [3.8, 4) is 17.1 Å². The van der Waals surface area contributed by atoms with Crippen molar-refractivity contribution in [1.29, 1.82) is 0 Å². The molecule has 0 aliphatic carbocycles. The fraction of sp³-hybridized carbons (Fsp3) is 0.167. The van der Waals surface area contributed by atoms with Gasteiger partial charge in [0.05, 0.1) is 22.9 Å². The zero-order valence-corrected chi connectivity index (χ0v) is 16.9. The predicted molar refractivity (Wildman–Crippen MR) is 109 cm³/mol. The molecule has 0 radical (unpaired) electrons. The molecule has 0 atom stereocenters. The second-order valence-electron chi connectivity index (χ2n) is 5.53. The van der Waals surface area contributed by atoms with E-state index in [2.05, 4.69) is 15.5 Å². The third-order valence-corrected chi connectivity index (χ3v) is 5.36. The molecule has 0 fully saturated rings. The van der Waals surface area contributed by atoms with Crippen molar-refractivity contribution >= 4 is 46.6 Å². The maximum absolute atomic E-state index is 12.2. The molecular formula is C18H16Cl2N4O2S. The van der Waals surface area contributed by atoms with Crippen LogP contribution in [0.1, 0.15) is 0 Å². The van der Waals surface area contributed by atoms with E-state index in [-0.39, 0.29) is 11.7 Å². The Balaban J connectivity index is 1.64. The molecule has 0 spiro atoms. The van der Waals surface area contributed by atoms with E-state index in [1.54, 1.807) is 24.3 Å². The van der Waals surface area contributed by atoms with Crippen molar-refractivity contribution in [3.63, 3.8) is 0 Å². The second kappa shape index (κ2) is 8.65. The van der Waals surface area contributed by atoms with Gasteiger partial charge in [-0.15, -0.1) is 10.2 Å². The highest BCUT2D eigenvalue weighted by Gasteiger charge is 2.15. The van der Waals surface area contributed by atoms with Crippen LogP contribution >= 0.6 is 35.0 Å². The Kier molecular flexibility index (Phi) is 6.26. The van der Waals surface area contributed by atoms with Gasteiger partial charge in [-0.3, -0.25) is 4.79 Å². The third-order valence-electron chi connectivity index (χ3n) is 3.72. The van der Waals surface area contributed by atoms with Gasteiger partial charge in [0.15, 0.2) is 11.0 Å². The Morgan fingerprint density at radius 1 is 1.19 bits per heavy atom. The Labute approximate surface area is 170 Å². The number of carbonyl (C=O) groups excluding carboxylic acids is 1. The van der Waals surface area contributed by atoms with Crippen molar-refractivity contribution in [2.75, 3.05) is 18.2 Å². The number of methoxy groups -OCH3 is 1. The molecule has 3 rings (SSSR count). The molecule has 1 heterocycles. The van der Waals surface area contributed by atoms with Gasteiger partial charge in [0, 0.05) is 18.3 Å².